The fourth-order valence-electron chi connectivity index (χ4n) is 6.53. The Labute approximate surface area is 290 Å². The van der Waals surface area contributed by atoms with E-state index in [0.717, 1.165) is 67.0 Å². The van der Waals surface area contributed by atoms with Crippen LogP contribution in [0.2, 0.25) is 0 Å². The first kappa shape index (κ1) is 33.1. The largest absolute Gasteiger partial charge is 0.489 e. The van der Waals surface area contributed by atoms with Gasteiger partial charge in [-0.05, 0) is 91.1 Å². The van der Waals surface area contributed by atoms with Crippen LogP contribution in [0.3, 0.4) is 0 Å². The van der Waals surface area contributed by atoms with Gasteiger partial charge in [-0.25, -0.2) is 4.68 Å². The lowest BCUT2D eigenvalue weighted by Crippen LogP contribution is -2.37. The number of benzene rings is 4. The maximum atomic E-state index is 13.4. The number of fused-ring (bicyclic) bond motifs is 5. The van der Waals surface area contributed by atoms with E-state index in [-0.39, 0.29) is 38.0 Å². The van der Waals surface area contributed by atoms with E-state index in [0.29, 0.717) is 24.7 Å². The smallest absolute Gasteiger partial charge is 0.385 e. The van der Waals surface area contributed by atoms with Crippen molar-refractivity contribution in [2.45, 2.75) is 70.7 Å². The van der Waals surface area contributed by atoms with Crippen molar-refractivity contribution in [1.82, 2.24) is 19.3 Å². The Morgan fingerprint density at radius 2 is 1.84 bits per heavy atom. The second-order valence-corrected chi connectivity index (χ2v) is 15.1. The molecule has 8 rings (SSSR count). The van der Waals surface area contributed by atoms with Crippen LogP contribution in [0.5, 0.6) is 11.5 Å². The zero-order chi connectivity index (χ0) is 34.1. The number of carbonyl (C=O) groups excluding carboxylic acids is 1. The molecule has 0 saturated carbocycles. The highest BCUT2D eigenvalue weighted by Crippen LogP contribution is 2.37. The molecule has 0 N–H and O–H groups in total. The van der Waals surface area contributed by atoms with Crippen LogP contribution >= 0.6 is 11.8 Å². The molecule has 5 aromatic rings. The van der Waals surface area contributed by atoms with E-state index >= 15 is 0 Å². The van der Waals surface area contributed by atoms with E-state index < -0.39 is 10.3 Å². The minimum absolute atomic E-state index is 0.0929. The number of hydrogen-bond donors (Lipinski definition) is 0. The molecule has 2 atom stereocenters. The molecule has 2 unspecified atom stereocenters. The molecular formula is C37H38N4O6S2. The van der Waals surface area contributed by atoms with Crippen molar-refractivity contribution in [3.05, 3.63) is 112 Å². The van der Waals surface area contributed by atoms with E-state index in [1.807, 2.05) is 61.0 Å². The van der Waals surface area contributed by atoms with Gasteiger partial charge >= 0.3 is 16.3 Å². The predicted octanol–water partition coefficient (Wildman–Crippen LogP) is 6.85. The van der Waals surface area contributed by atoms with Crippen LogP contribution in [0.25, 0.3) is 11.0 Å². The van der Waals surface area contributed by atoms with Gasteiger partial charge in [0.15, 0.2) is 0 Å². The van der Waals surface area contributed by atoms with Crippen molar-refractivity contribution < 1.29 is 26.9 Å². The van der Waals surface area contributed by atoms with Crippen molar-refractivity contribution in [2.24, 2.45) is 0 Å². The summed E-state index contributed by atoms with van der Waals surface area (Å²) in [5.41, 5.74) is 8.04. The standard InChI is InChI=1S/C37H38N4O6S2/c1-4-45-36(42)20-32-26-11-10-24(2)28(18-26)21-40-22-29-19-30(12-15-34(29)47-49(40,43)44)46-23-27-8-5-6-9-35(27)48-17-7-16-41-33-14-13-31(32)25(3)37(33)38-39-41/h5-6,8-15,18-19,32H,4,7,16-17,20-23H2,1-3H3. The first-order valence-corrected chi connectivity index (χ1v) is 18.8. The highest BCUT2D eigenvalue weighted by molar-refractivity contribution is 7.99. The number of thioether (sulfide) groups is 1. The van der Waals surface area contributed by atoms with Gasteiger partial charge in [0.25, 0.3) is 0 Å². The minimum atomic E-state index is -4.07. The van der Waals surface area contributed by atoms with Gasteiger partial charge in [0.2, 0.25) is 0 Å². The molecule has 9 bridgehead atoms. The van der Waals surface area contributed by atoms with Crippen LogP contribution in [0.4, 0.5) is 0 Å². The van der Waals surface area contributed by atoms with Gasteiger partial charge in [-0.1, -0.05) is 47.7 Å². The van der Waals surface area contributed by atoms with Crippen molar-refractivity contribution in [1.29, 1.82) is 0 Å². The Balaban J connectivity index is 1.31. The van der Waals surface area contributed by atoms with E-state index in [1.54, 1.807) is 30.8 Å². The van der Waals surface area contributed by atoms with E-state index in [9.17, 15) is 13.2 Å². The number of esters is 1. The van der Waals surface area contributed by atoms with E-state index in [4.69, 9.17) is 13.7 Å². The third-order valence-corrected chi connectivity index (χ3v) is 11.7. The second kappa shape index (κ2) is 13.9. The third-order valence-electron chi connectivity index (χ3n) is 9.18. The predicted molar refractivity (Wildman–Crippen MR) is 188 cm³/mol. The van der Waals surface area contributed by atoms with Crippen LogP contribution in [-0.4, -0.2) is 46.0 Å². The lowest BCUT2D eigenvalue weighted by atomic mass is 9.84. The number of aryl methyl sites for hydroxylation is 3. The number of ether oxygens (including phenoxy) is 2. The Morgan fingerprint density at radius 3 is 2.69 bits per heavy atom. The molecule has 0 fully saturated rings. The molecule has 0 spiro atoms. The summed E-state index contributed by atoms with van der Waals surface area (Å²) in [7, 11) is -4.07. The molecule has 0 saturated heterocycles. The van der Waals surface area contributed by atoms with Crippen LogP contribution < -0.4 is 8.92 Å². The molecule has 3 aliphatic heterocycles. The zero-order valence-electron chi connectivity index (χ0n) is 27.7. The SMILES string of the molecule is CCOC(=O)CC1c2ccc(C)c(c2)CN2Cc3cc(ccc3OS2(=O)=O)OCc2ccccc2SCCCn2nnc3c(C)c1ccc32. The molecule has 0 aliphatic carbocycles. The van der Waals surface area contributed by atoms with Gasteiger partial charge in [-0.2, -0.15) is 12.7 Å². The van der Waals surface area contributed by atoms with Gasteiger partial charge in [-0.3, -0.25) is 4.79 Å². The number of nitrogens with zero attached hydrogens (tertiary/aromatic N) is 4. The van der Waals surface area contributed by atoms with Crippen LogP contribution in [0, 0.1) is 13.8 Å². The average molecular weight is 699 g/mol. The monoisotopic (exact) mass is 698 g/mol. The van der Waals surface area contributed by atoms with Crippen molar-refractivity contribution >= 4 is 39.1 Å². The topological polar surface area (TPSA) is 113 Å². The summed E-state index contributed by atoms with van der Waals surface area (Å²) >= 11 is 1.78. The molecule has 4 aromatic carbocycles. The van der Waals surface area contributed by atoms with Gasteiger partial charge < -0.3 is 13.7 Å². The summed E-state index contributed by atoms with van der Waals surface area (Å²) in [6.45, 7) is 7.35. The molecule has 12 heteroatoms. The zero-order valence-corrected chi connectivity index (χ0v) is 29.4. The fourth-order valence-corrected chi connectivity index (χ4v) is 8.60. The van der Waals surface area contributed by atoms with Gasteiger partial charge in [0.05, 0.1) is 18.5 Å². The number of carbonyl (C=O) groups is 1. The highest BCUT2D eigenvalue weighted by atomic mass is 32.2. The second-order valence-electron chi connectivity index (χ2n) is 12.4. The lowest BCUT2D eigenvalue weighted by Gasteiger charge is -2.29. The van der Waals surface area contributed by atoms with Crippen molar-refractivity contribution in [3.63, 3.8) is 0 Å². The average Bonchev–Trinajstić information content (AvgIpc) is 3.50. The number of aromatic nitrogens is 3. The molecular weight excluding hydrogens is 661 g/mol. The first-order valence-electron chi connectivity index (χ1n) is 16.4. The molecule has 254 valence electrons. The van der Waals surface area contributed by atoms with Crippen LogP contribution in [0.15, 0.2) is 77.7 Å². The van der Waals surface area contributed by atoms with Crippen molar-refractivity contribution in [3.8, 4) is 11.5 Å². The first-order chi connectivity index (χ1) is 23.7. The molecule has 0 amide bonds. The number of hydrogen-bond acceptors (Lipinski definition) is 9. The van der Waals surface area contributed by atoms with Gasteiger partial charge in [0, 0.05) is 41.6 Å². The summed E-state index contributed by atoms with van der Waals surface area (Å²) < 4.78 is 47.3. The van der Waals surface area contributed by atoms with Crippen LogP contribution in [-0.2, 0) is 46.1 Å². The van der Waals surface area contributed by atoms with Crippen LogP contribution in [0.1, 0.15) is 64.6 Å². The molecule has 1 aromatic heterocycles. The quantitative estimate of drug-likeness (QED) is 0.187. The molecule has 4 heterocycles. The Bertz CT molecular complexity index is 2150. The summed E-state index contributed by atoms with van der Waals surface area (Å²) in [4.78, 5) is 14.1. The van der Waals surface area contributed by atoms with E-state index in [2.05, 4.69) is 28.5 Å². The van der Waals surface area contributed by atoms with Crippen molar-refractivity contribution in [2.75, 3.05) is 12.4 Å². The summed E-state index contributed by atoms with van der Waals surface area (Å²) in [6.07, 6.45) is 1.01. The third kappa shape index (κ3) is 6.90. The fraction of sp³-hybridized carbons (Fsp3) is 0.324. The Hall–Kier alpha value is -4.39. The normalized spacial score (nSPS) is 18.8. The summed E-state index contributed by atoms with van der Waals surface area (Å²) in [6, 6.07) is 23.5. The Morgan fingerprint density at radius 1 is 1.00 bits per heavy atom. The molecule has 3 aliphatic rings. The molecule has 0 radical (unpaired) electrons. The lowest BCUT2D eigenvalue weighted by molar-refractivity contribution is -0.143. The summed E-state index contributed by atoms with van der Waals surface area (Å²) in [5.74, 6) is 1.16. The maximum absolute atomic E-state index is 13.4. The van der Waals surface area contributed by atoms with E-state index in [1.165, 1.54) is 4.31 Å². The molecule has 10 nitrogen and oxygen atoms in total. The number of rotatable bonds is 3. The van der Waals surface area contributed by atoms with Gasteiger partial charge in [0.1, 0.15) is 23.6 Å². The maximum Gasteiger partial charge on any atom is 0.385 e. The minimum Gasteiger partial charge on any atom is -0.489 e. The summed E-state index contributed by atoms with van der Waals surface area (Å²) in [5, 5.41) is 9.08. The van der Waals surface area contributed by atoms with Gasteiger partial charge in [-0.15, -0.1) is 16.9 Å². The molecule has 49 heavy (non-hydrogen) atoms. The highest BCUT2D eigenvalue weighted by Gasteiger charge is 2.33. The Kier molecular flexibility index (Phi) is 9.36.